The van der Waals surface area contributed by atoms with Crippen molar-refractivity contribution < 1.29 is 4.79 Å². The second-order valence-corrected chi connectivity index (χ2v) is 7.76. The molecule has 0 aliphatic rings. The van der Waals surface area contributed by atoms with Gasteiger partial charge in [0.1, 0.15) is 5.71 Å². The van der Waals surface area contributed by atoms with E-state index in [1.54, 1.807) is 23.5 Å². The average molecular weight is 411 g/mol. The van der Waals surface area contributed by atoms with Crippen molar-refractivity contribution in [3.05, 3.63) is 92.6 Å². The molecule has 0 aliphatic heterocycles. The van der Waals surface area contributed by atoms with Crippen LogP contribution in [0.4, 0.5) is 0 Å². The number of carbonyl (C=O) groups excluding carboxylic acids is 1. The summed E-state index contributed by atoms with van der Waals surface area (Å²) in [7, 11) is 0. The number of Topliss-reactive ketones (excluding diaryl/α,β-unsaturated/α-hetero) is 1. The van der Waals surface area contributed by atoms with Crippen LogP contribution in [0.25, 0.3) is 0 Å². The fraction of sp³-hybridized carbons (Fsp3) is 0.0500. The number of halogens is 1. The first-order valence-electron chi connectivity index (χ1n) is 7.68. The van der Waals surface area contributed by atoms with Gasteiger partial charge >= 0.3 is 0 Å². The van der Waals surface area contributed by atoms with E-state index < -0.39 is 0 Å². The Hall–Kier alpha value is -2.37. The van der Waals surface area contributed by atoms with Crippen LogP contribution in [0.15, 0.2) is 86.8 Å². The van der Waals surface area contributed by atoms with Crippen molar-refractivity contribution in [2.45, 2.75) is 6.92 Å². The van der Waals surface area contributed by atoms with Crippen LogP contribution < -0.4 is 0 Å². The predicted molar refractivity (Wildman–Crippen MR) is 108 cm³/mol. The van der Waals surface area contributed by atoms with Gasteiger partial charge in [-0.2, -0.15) is 5.10 Å². The van der Waals surface area contributed by atoms with Crippen molar-refractivity contribution in [2.24, 2.45) is 10.2 Å². The minimum absolute atomic E-state index is 0.143. The molecule has 3 rings (SSSR count). The lowest BCUT2D eigenvalue weighted by Crippen LogP contribution is -2.15. The third-order valence-corrected chi connectivity index (χ3v) is 5.26. The molecule has 3 aromatic rings. The number of hydrogen-bond donors (Lipinski definition) is 0. The molecule has 3 nitrogen and oxygen atoms in total. The molecule has 2 aromatic carbocycles. The van der Waals surface area contributed by atoms with E-state index >= 15 is 0 Å². The number of carbonyl (C=O) groups is 1. The summed E-state index contributed by atoms with van der Waals surface area (Å²) >= 11 is 5.02. The Balaban J connectivity index is 2.01. The summed E-state index contributed by atoms with van der Waals surface area (Å²) < 4.78 is 1.03. The van der Waals surface area contributed by atoms with Crippen LogP contribution in [-0.4, -0.2) is 17.2 Å². The molecule has 0 aliphatic carbocycles. The van der Waals surface area contributed by atoms with Gasteiger partial charge in [-0.15, -0.1) is 16.4 Å². The van der Waals surface area contributed by atoms with E-state index in [0.29, 0.717) is 11.3 Å². The molecular formula is C20H15BrN2OS. The molecule has 1 heterocycles. The smallest absolute Gasteiger partial charge is 0.213 e. The fourth-order valence-electron chi connectivity index (χ4n) is 2.24. The molecular weight excluding hydrogens is 396 g/mol. The van der Waals surface area contributed by atoms with Crippen LogP contribution in [0.1, 0.15) is 27.7 Å². The molecule has 0 radical (unpaired) electrons. The Morgan fingerprint density at radius 3 is 2.00 bits per heavy atom. The van der Waals surface area contributed by atoms with Crippen LogP contribution in [0.3, 0.4) is 0 Å². The summed E-state index contributed by atoms with van der Waals surface area (Å²) in [6.07, 6.45) is 0. The van der Waals surface area contributed by atoms with Crippen LogP contribution >= 0.6 is 27.3 Å². The lowest BCUT2D eigenvalue weighted by molar-refractivity contribution is 0.106. The Kier molecular flexibility index (Phi) is 5.68. The highest BCUT2D eigenvalue weighted by molar-refractivity contribution is 9.11. The summed E-state index contributed by atoms with van der Waals surface area (Å²) in [5.74, 6) is -0.143. The summed E-state index contributed by atoms with van der Waals surface area (Å²) in [4.78, 5) is 13.9. The maximum absolute atomic E-state index is 12.9. The summed E-state index contributed by atoms with van der Waals surface area (Å²) in [5, 5.41) is 8.61. The molecule has 0 N–H and O–H groups in total. The van der Waals surface area contributed by atoms with Crippen LogP contribution in [0, 0.1) is 0 Å². The summed E-state index contributed by atoms with van der Waals surface area (Å²) in [6, 6.07) is 22.5. The van der Waals surface area contributed by atoms with E-state index in [-0.39, 0.29) is 5.78 Å². The standard InChI is InChI=1S/C20H15BrN2OS/c1-14(17-12-13-18(21)25-17)22-23-19(15-8-4-2-5-9-15)20(24)16-10-6-3-7-11-16/h2-13H,1H3/b22-14-,23-19-. The normalized spacial score (nSPS) is 12.2. The fourth-order valence-corrected chi connectivity index (χ4v) is 3.57. The maximum Gasteiger partial charge on any atom is 0.213 e. The van der Waals surface area contributed by atoms with E-state index in [9.17, 15) is 4.79 Å². The van der Waals surface area contributed by atoms with E-state index in [1.807, 2.05) is 67.6 Å². The molecule has 0 fully saturated rings. The quantitative estimate of drug-likeness (QED) is 0.306. The molecule has 124 valence electrons. The molecule has 5 heteroatoms. The number of nitrogens with zero attached hydrogens (tertiary/aromatic N) is 2. The average Bonchev–Trinajstić information content (AvgIpc) is 3.10. The van der Waals surface area contributed by atoms with E-state index in [0.717, 1.165) is 19.9 Å². The summed E-state index contributed by atoms with van der Waals surface area (Å²) in [6.45, 7) is 1.89. The maximum atomic E-state index is 12.9. The van der Waals surface area contributed by atoms with E-state index in [2.05, 4.69) is 26.1 Å². The van der Waals surface area contributed by atoms with Crippen molar-refractivity contribution in [1.29, 1.82) is 0 Å². The highest BCUT2D eigenvalue weighted by atomic mass is 79.9. The monoisotopic (exact) mass is 410 g/mol. The van der Waals surface area contributed by atoms with Gasteiger partial charge < -0.3 is 0 Å². The van der Waals surface area contributed by atoms with Gasteiger partial charge in [-0.3, -0.25) is 4.79 Å². The van der Waals surface area contributed by atoms with Crippen molar-refractivity contribution in [3.63, 3.8) is 0 Å². The van der Waals surface area contributed by atoms with Gasteiger partial charge in [-0.05, 0) is 35.0 Å². The Morgan fingerprint density at radius 1 is 0.840 bits per heavy atom. The largest absolute Gasteiger partial charge is 0.287 e. The number of rotatable bonds is 5. The SMILES string of the molecule is C/C(=N/N=C(\C(=O)c1ccccc1)c1ccccc1)c1ccc(Br)s1. The van der Waals surface area contributed by atoms with Gasteiger partial charge in [0.25, 0.3) is 0 Å². The third kappa shape index (κ3) is 4.38. The van der Waals surface area contributed by atoms with Gasteiger partial charge in [0.2, 0.25) is 5.78 Å². The van der Waals surface area contributed by atoms with Gasteiger partial charge in [0, 0.05) is 11.1 Å². The van der Waals surface area contributed by atoms with Crippen molar-refractivity contribution >= 4 is 44.5 Å². The number of benzene rings is 2. The number of thiophene rings is 1. The lowest BCUT2D eigenvalue weighted by atomic mass is 10.0. The second-order valence-electron chi connectivity index (χ2n) is 5.30. The van der Waals surface area contributed by atoms with Gasteiger partial charge in [-0.25, -0.2) is 0 Å². The van der Waals surface area contributed by atoms with Crippen LogP contribution in [-0.2, 0) is 0 Å². The third-order valence-electron chi connectivity index (χ3n) is 3.53. The van der Waals surface area contributed by atoms with Crippen molar-refractivity contribution in [2.75, 3.05) is 0 Å². The zero-order valence-corrected chi connectivity index (χ0v) is 15.9. The molecule has 0 saturated heterocycles. The van der Waals surface area contributed by atoms with Gasteiger partial charge in [-0.1, -0.05) is 60.7 Å². The second kappa shape index (κ2) is 8.14. The highest BCUT2D eigenvalue weighted by Crippen LogP contribution is 2.22. The molecule has 0 amide bonds. The molecule has 0 atom stereocenters. The molecule has 0 unspecified atom stereocenters. The minimum atomic E-state index is -0.143. The number of ketones is 1. The minimum Gasteiger partial charge on any atom is -0.287 e. The lowest BCUT2D eigenvalue weighted by Gasteiger charge is -2.05. The molecule has 0 spiro atoms. The molecule has 1 aromatic heterocycles. The van der Waals surface area contributed by atoms with E-state index in [1.165, 1.54) is 0 Å². The zero-order chi connectivity index (χ0) is 17.6. The molecule has 25 heavy (non-hydrogen) atoms. The van der Waals surface area contributed by atoms with Crippen LogP contribution in [0.5, 0.6) is 0 Å². The van der Waals surface area contributed by atoms with Crippen molar-refractivity contribution in [3.8, 4) is 0 Å². The topological polar surface area (TPSA) is 41.8 Å². The first-order valence-corrected chi connectivity index (χ1v) is 9.29. The molecule has 0 saturated carbocycles. The zero-order valence-electron chi connectivity index (χ0n) is 13.5. The Morgan fingerprint density at radius 2 is 1.44 bits per heavy atom. The Labute approximate surface area is 158 Å². The van der Waals surface area contributed by atoms with Gasteiger partial charge in [0.15, 0.2) is 0 Å². The van der Waals surface area contributed by atoms with Gasteiger partial charge in [0.05, 0.1) is 14.4 Å². The first kappa shape index (κ1) is 17.5. The summed E-state index contributed by atoms with van der Waals surface area (Å²) in [5.41, 5.74) is 2.45. The molecule has 0 bridgehead atoms. The first-order chi connectivity index (χ1) is 12.1. The highest BCUT2D eigenvalue weighted by Gasteiger charge is 2.16. The number of hydrogen-bond acceptors (Lipinski definition) is 4. The van der Waals surface area contributed by atoms with Crippen molar-refractivity contribution in [1.82, 2.24) is 0 Å². The Bertz CT molecular complexity index is 931. The van der Waals surface area contributed by atoms with Crippen LogP contribution in [0.2, 0.25) is 0 Å². The van der Waals surface area contributed by atoms with E-state index in [4.69, 9.17) is 0 Å². The predicted octanol–water partition coefficient (Wildman–Crippen LogP) is 5.61.